The molecular formula is C11H12F3NO4. The van der Waals surface area contributed by atoms with Crippen molar-refractivity contribution in [1.82, 2.24) is 4.98 Å². The van der Waals surface area contributed by atoms with Crippen LogP contribution >= 0.6 is 0 Å². The molecule has 1 rings (SSSR count). The maximum Gasteiger partial charge on any atom is 0.573 e. The third-order valence-electron chi connectivity index (χ3n) is 2.05. The monoisotopic (exact) mass is 279 g/mol. The summed E-state index contributed by atoms with van der Waals surface area (Å²) in [6.07, 6.45) is -4.87. The van der Waals surface area contributed by atoms with Gasteiger partial charge in [-0.3, -0.25) is 0 Å². The van der Waals surface area contributed by atoms with Crippen LogP contribution in [0.15, 0.2) is 6.07 Å². The van der Waals surface area contributed by atoms with Crippen molar-refractivity contribution in [2.75, 3.05) is 13.7 Å². The highest BCUT2D eigenvalue weighted by Gasteiger charge is 2.33. The van der Waals surface area contributed by atoms with Gasteiger partial charge >= 0.3 is 12.3 Å². The van der Waals surface area contributed by atoms with E-state index in [0.29, 0.717) is 0 Å². The van der Waals surface area contributed by atoms with E-state index in [1.165, 1.54) is 14.0 Å². The molecule has 5 nitrogen and oxygen atoms in total. The van der Waals surface area contributed by atoms with Crippen molar-refractivity contribution >= 4 is 5.97 Å². The van der Waals surface area contributed by atoms with E-state index in [1.807, 2.05) is 0 Å². The topological polar surface area (TPSA) is 57.7 Å². The molecule has 1 heterocycles. The number of nitrogens with zero attached hydrogens (tertiary/aromatic N) is 1. The summed E-state index contributed by atoms with van der Waals surface area (Å²) in [4.78, 5) is 15.3. The summed E-state index contributed by atoms with van der Waals surface area (Å²) < 4.78 is 49.9. The first-order valence-electron chi connectivity index (χ1n) is 5.27. The van der Waals surface area contributed by atoms with Gasteiger partial charge in [-0.25, -0.2) is 9.78 Å². The molecule has 0 atom stereocenters. The van der Waals surface area contributed by atoms with E-state index in [9.17, 15) is 18.0 Å². The van der Waals surface area contributed by atoms with Crippen LogP contribution < -0.4 is 9.47 Å². The van der Waals surface area contributed by atoms with E-state index in [0.717, 1.165) is 6.07 Å². The summed E-state index contributed by atoms with van der Waals surface area (Å²) in [5.74, 6) is -1.53. The fourth-order valence-corrected chi connectivity index (χ4v) is 1.30. The molecule has 8 heteroatoms. The van der Waals surface area contributed by atoms with Gasteiger partial charge in [0.05, 0.1) is 19.4 Å². The van der Waals surface area contributed by atoms with Gasteiger partial charge < -0.3 is 14.2 Å². The van der Waals surface area contributed by atoms with Crippen LogP contribution in [0.1, 0.15) is 23.0 Å². The standard InChI is InChI=1S/C11H12F3NO4/c1-4-18-10(16)7-5-8(19-11(12,13)14)6(2)15-9(7)17-3/h5H,4H2,1-3H3. The second-order valence-electron chi connectivity index (χ2n) is 3.40. The molecule has 0 aliphatic carbocycles. The number of aromatic nitrogens is 1. The molecule has 0 aliphatic rings. The molecular weight excluding hydrogens is 267 g/mol. The number of carbonyl (C=O) groups excluding carboxylic acids is 1. The molecule has 0 fully saturated rings. The van der Waals surface area contributed by atoms with Gasteiger partial charge in [0.15, 0.2) is 5.75 Å². The molecule has 0 saturated heterocycles. The average Bonchev–Trinajstić information content (AvgIpc) is 2.29. The van der Waals surface area contributed by atoms with Crippen molar-refractivity contribution in [2.45, 2.75) is 20.2 Å². The molecule has 0 aliphatic heterocycles. The summed E-state index contributed by atoms with van der Waals surface area (Å²) in [7, 11) is 1.24. The second kappa shape index (κ2) is 5.77. The number of pyridine rings is 1. The number of aryl methyl sites for hydroxylation is 1. The van der Waals surface area contributed by atoms with Crippen molar-refractivity contribution in [1.29, 1.82) is 0 Å². The molecule has 1 aromatic rings. The van der Waals surface area contributed by atoms with Gasteiger partial charge in [0, 0.05) is 6.07 Å². The van der Waals surface area contributed by atoms with Crippen molar-refractivity contribution in [3.05, 3.63) is 17.3 Å². The van der Waals surface area contributed by atoms with Crippen LogP contribution in [0.2, 0.25) is 0 Å². The summed E-state index contributed by atoms with van der Waals surface area (Å²) in [5, 5.41) is 0. The first-order chi connectivity index (χ1) is 8.78. The first kappa shape index (κ1) is 15.1. The van der Waals surface area contributed by atoms with Crippen molar-refractivity contribution in [3.63, 3.8) is 0 Å². The zero-order valence-corrected chi connectivity index (χ0v) is 10.5. The fourth-order valence-electron chi connectivity index (χ4n) is 1.30. The minimum Gasteiger partial charge on any atom is -0.480 e. The van der Waals surface area contributed by atoms with Gasteiger partial charge in [0.1, 0.15) is 5.56 Å². The Balaban J connectivity index is 3.21. The van der Waals surface area contributed by atoms with E-state index in [1.54, 1.807) is 6.92 Å². The smallest absolute Gasteiger partial charge is 0.480 e. The van der Waals surface area contributed by atoms with Crippen LogP contribution in [-0.2, 0) is 4.74 Å². The van der Waals surface area contributed by atoms with Crippen LogP contribution in [-0.4, -0.2) is 31.0 Å². The van der Waals surface area contributed by atoms with E-state index < -0.39 is 18.1 Å². The average molecular weight is 279 g/mol. The Morgan fingerprint density at radius 3 is 2.53 bits per heavy atom. The molecule has 0 amide bonds. The maximum atomic E-state index is 12.2. The normalized spacial score (nSPS) is 11.1. The lowest BCUT2D eigenvalue weighted by molar-refractivity contribution is -0.275. The number of ether oxygens (including phenoxy) is 3. The number of carbonyl (C=O) groups is 1. The van der Waals surface area contributed by atoms with Crippen molar-refractivity contribution < 1.29 is 32.2 Å². The van der Waals surface area contributed by atoms with Crippen LogP contribution in [0.3, 0.4) is 0 Å². The SMILES string of the molecule is CCOC(=O)c1cc(OC(F)(F)F)c(C)nc1OC. The molecule has 0 radical (unpaired) electrons. The van der Waals surface area contributed by atoms with Crippen LogP contribution in [0.25, 0.3) is 0 Å². The molecule has 0 unspecified atom stereocenters. The van der Waals surface area contributed by atoms with Crippen molar-refractivity contribution in [3.8, 4) is 11.6 Å². The molecule has 0 saturated carbocycles. The minimum atomic E-state index is -4.87. The fraction of sp³-hybridized carbons (Fsp3) is 0.455. The van der Waals surface area contributed by atoms with E-state index >= 15 is 0 Å². The van der Waals surface area contributed by atoms with Crippen LogP contribution in [0.5, 0.6) is 11.6 Å². The Hall–Kier alpha value is -1.99. The second-order valence-corrected chi connectivity index (χ2v) is 3.40. The number of methoxy groups -OCH3 is 1. The minimum absolute atomic E-state index is 0.0535. The Bertz CT molecular complexity index is 474. The lowest BCUT2D eigenvalue weighted by atomic mass is 10.2. The maximum absolute atomic E-state index is 12.2. The summed E-state index contributed by atoms with van der Waals surface area (Å²) in [6.45, 7) is 2.95. The molecule has 0 bridgehead atoms. The lowest BCUT2D eigenvalue weighted by Gasteiger charge is -2.14. The summed E-state index contributed by atoms with van der Waals surface area (Å²) in [6, 6.07) is 0.895. The molecule has 1 aromatic heterocycles. The summed E-state index contributed by atoms with van der Waals surface area (Å²) in [5.41, 5.74) is -0.281. The zero-order chi connectivity index (χ0) is 14.6. The number of esters is 1. The number of hydrogen-bond donors (Lipinski definition) is 0. The van der Waals surface area contributed by atoms with E-state index in [4.69, 9.17) is 9.47 Å². The van der Waals surface area contributed by atoms with Crippen LogP contribution in [0, 0.1) is 6.92 Å². The first-order valence-corrected chi connectivity index (χ1v) is 5.27. The van der Waals surface area contributed by atoms with E-state index in [2.05, 4.69) is 9.72 Å². The van der Waals surface area contributed by atoms with Gasteiger partial charge in [-0.15, -0.1) is 13.2 Å². The zero-order valence-electron chi connectivity index (χ0n) is 10.5. The van der Waals surface area contributed by atoms with Gasteiger partial charge in [-0.1, -0.05) is 0 Å². The quantitative estimate of drug-likeness (QED) is 0.792. The Morgan fingerprint density at radius 2 is 2.05 bits per heavy atom. The highest BCUT2D eigenvalue weighted by Crippen LogP contribution is 2.29. The van der Waals surface area contributed by atoms with Crippen LogP contribution in [0.4, 0.5) is 13.2 Å². The third-order valence-corrected chi connectivity index (χ3v) is 2.05. The Kier molecular flexibility index (Phi) is 4.57. The number of hydrogen-bond acceptors (Lipinski definition) is 5. The number of alkyl halides is 3. The predicted molar refractivity (Wildman–Crippen MR) is 58.2 cm³/mol. The predicted octanol–water partition coefficient (Wildman–Crippen LogP) is 2.47. The van der Waals surface area contributed by atoms with Gasteiger partial charge in [0.2, 0.25) is 5.88 Å². The third kappa shape index (κ3) is 4.01. The number of rotatable bonds is 4. The van der Waals surface area contributed by atoms with Gasteiger partial charge in [-0.05, 0) is 13.8 Å². The van der Waals surface area contributed by atoms with Crippen molar-refractivity contribution in [2.24, 2.45) is 0 Å². The Labute approximate surface area is 107 Å². The molecule has 0 aromatic carbocycles. The molecule has 0 N–H and O–H groups in total. The lowest BCUT2D eigenvalue weighted by Crippen LogP contribution is -2.19. The molecule has 0 spiro atoms. The van der Waals surface area contributed by atoms with Gasteiger partial charge in [0.25, 0.3) is 0 Å². The molecule has 19 heavy (non-hydrogen) atoms. The summed E-state index contributed by atoms with van der Waals surface area (Å²) >= 11 is 0. The Morgan fingerprint density at radius 1 is 1.42 bits per heavy atom. The van der Waals surface area contributed by atoms with Gasteiger partial charge in [-0.2, -0.15) is 0 Å². The highest BCUT2D eigenvalue weighted by molar-refractivity contribution is 5.92. The van der Waals surface area contributed by atoms with E-state index in [-0.39, 0.29) is 23.7 Å². The largest absolute Gasteiger partial charge is 0.573 e. The highest BCUT2D eigenvalue weighted by atomic mass is 19.4. The molecule has 106 valence electrons. The number of halogens is 3.